The second kappa shape index (κ2) is 9.58. The monoisotopic (exact) mass is 499 g/mol. The normalized spacial score (nSPS) is 15.4. The lowest BCUT2D eigenvalue weighted by Gasteiger charge is -2.26. The van der Waals surface area contributed by atoms with Crippen molar-refractivity contribution >= 4 is 29.3 Å². The van der Waals surface area contributed by atoms with Crippen LogP contribution >= 0.6 is 11.3 Å². The molecule has 1 aromatic carbocycles. The molecule has 0 amide bonds. The number of thiazole rings is 1. The molecule has 0 bridgehead atoms. The van der Waals surface area contributed by atoms with Gasteiger partial charge in [0.25, 0.3) is 5.56 Å². The number of allylic oxidation sites excluding steroid dienone is 1. The minimum atomic E-state index is -0.913. The first kappa shape index (κ1) is 24.0. The minimum absolute atomic E-state index is 0.138. The fourth-order valence-corrected chi connectivity index (χ4v) is 4.81. The second-order valence-corrected chi connectivity index (χ2v) is 8.35. The molecule has 1 unspecified atom stereocenters. The molecule has 3 aromatic rings. The van der Waals surface area contributed by atoms with Gasteiger partial charge in [-0.25, -0.2) is 9.79 Å². The van der Waals surface area contributed by atoms with Crippen molar-refractivity contribution < 1.29 is 28.3 Å². The van der Waals surface area contributed by atoms with E-state index < -0.39 is 28.4 Å². The van der Waals surface area contributed by atoms with Crippen LogP contribution in [0.5, 0.6) is 11.5 Å². The summed E-state index contributed by atoms with van der Waals surface area (Å²) in [6, 6.07) is 6.77. The van der Waals surface area contributed by atoms with Gasteiger partial charge in [-0.1, -0.05) is 11.3 Å². The van der Waals surface area contributed by atoms with Gasteiger partial charge in [0.15, 0.2) is 4.80 Å². The molecule has 1 aliphatic rings. The standard InChI is InChI=1S/C23H21N3O8S/c1-5-33-22(28)19-12(2)24-23-25(20(19)15-10-13(31-3)6-8-16(15)32-4)21(27)17(35-23)11-14-7-9-18(34-14)26(29)30/h6-11,20H,5H2,1-4H3/b17-11+. The van der Waals surface area contributed by atoms with Gasteiger partial charge in [-0.05, 0) is 38.1 Å². The number of rotatable bonds is 7. The van der Waals surface area contributed by atoms with Crippen molar-refractivity contribution in [3.8, 4) is 11.5 Å². The van der Waals surface area contributed by atoms with Crippen LogP contribution in [-0.2, 0) is 9.53 Å². The van der Waals surface area contributed by atoms with Crippen LogP contribution in [-0.4, -0.2) is 36.3 Å². The Bertz CT molecular complexity index is 1530. The van der Waals surface area contributed by atoms with Crippen LogP contribution in [0.3, 0.4) is 0 Å². The van der Waals surface area contributed by atoms with Crippen LogP contribution in [0, 0.1) is 10.1 Å². The SMILES string of the molecule is CCOC(=O)C1=C(C)N=c2s/c(=C/c3ccc([N+](=O)[O-])o3)c(=O)n2C1c1cc(OC)ccc1OC. The Hall–Kier alpha value is -4.19. The van der Waals surface area contributed by atoms with Gasteiger partial charge in [-0.15, -0.1) is 0 Å². The quantitative estimate of drug-likeness (QED) is 0.275. The summed E-state index contributed by atoms with van der Waals surface area (Å²) < 4.78 is 23.0. The van der Waals surface area contributed by atoms with E-state index in [-0.39, 0.29) is 22.5 Å². The Morgan fingerprint density at radius 2 is 2.06 bits per heavy atom. The zero-order chi connectivity index (χ0) is 25.3. The molecule has 0 spiro atoms. The molecular formula is C23H21N3O8S. The molecule has 0 saturated heterocycles. The zero-order valence-electron chi connectivity index (χ0n) is 19.3. The zero-order valence-corrected chi connectivity index (χ0v) is 20.1. The number of methoxy groups -OCH3 is 2. The number of carbonyl (C=O) groups is 1. The molecule has 0 radical (unpaired) electrons. The lowest BCUT2D eigenvalue weighted by atomic mass is 9.95. The average molecular weight is 500 g/mol. The summed E-state index contributed by atoms with van der Waals surface area (Å²) >= 11 is 1.07. The third-order valence-corrected chi connectivity index (χ3v) is 6.30. The van der Waals surface area contributed by atoms with Gasteiger partial charge in [0.2, 0.25) is 0 Å². The molecule has 35 heavy (non-hydrogen) atoms. The second-order valence-electron chi connectivity index (χ2n) is 7.34. The van der Waals surface area contributed by atoms with E-state index in [1.165, 1.54) is 37.0 Å². The number of nitro groups is 1. The number of carbonyl (C=O) groups excluding carboxylic acids is 1. The van der Waals surface area contributed by atoms with E-state index in [1.807, 2.05) is 0 Å². The van der Waals surface area contributed by atoms with E-state index in [0.717, 1.165) is 11.3 Å². The number of nitrogens with zero attached hydrogens (tertiary/aromatic N) is 3. The van der Waals surface area contributed by atoms with Gasteiger partial charge in [0.1, 0.15) is 28.2 Å². The predicted molar refractivity (Wildman–Crippen MR) is 125 cm³/mol. The van der Waals surface area contributed by atoms with Crippen LogP contribution in [0.2, 0.25) is 0 Å². The molecule has 0 N–H and O–H groups in total. The smallest absolute Gasteiger partial charge is 0.433 e. The fourth-order valence-electron chi connectivity index (χ4n) is 3.79. The van der Waals surface area contributed by atoms with Crippen LogP contribution in [0.1, 0.15) is 31.2 Å². The molecule has 12 heteroatoms. The Balaban J connectivity index is 1.99. The maximum atomic E-state index is 13.6. The molecule has 4 rings (SSSR count). The maximum Gasteiger partial charge on any atom is 0.433 e. The topological polar surface area (TPSA) is 135 Å². The minimum Gasteiger partial charge on any atom is -0.497 e. The number of esters is 1. The number of ether oxygens (including phenoxy) is 3. The first-order valence-electron chi connectivity index (χ1n) is 10.4. The molecule has 2 aromatic heterocycles. The van der Waals surface area contributed by atoms with Gasteiger partial charge < -0.3 is 18.6 Å². The predicted octanol–water partition coefficient (Wildman–Crippen LogP) is 2.32. The van der Waals surface area contributed by atoms with Crippen LogP contribution < -0.4 is 24.4 Å². The van der Waals surface area contributed by atoms with E-state index in [1.54, 1.807) is 32.0 Å². The summed E-state index contributed by atoms with van der Waals surface area (Å²) in [4.78, 5) is 41.7. The summed E-state index contributed by atoms with van der Waals surface area (Å²) in [6.07, 6.45) is 1.40. The molecule has 0 saturated carbocycles. The molecule has 0 fully saturated rings. The Morgan fingerprint density at radius 3 is 2.69 bits per heavy atom. The molecule has 0 aliphatic carbocycles. The van der Waals surface area contributed by atoms with Gasteiger partial charge in [0, 0.05) is 11.6 Å². The first-order chi connectivity index (χ1) is 16.8. The molecule has 182 valence electrons. The summed E-state index contributed by atoms with van der Waals surface area (Å²) in [7, 11) is 2.99. The van der Waals surface area contributed by atoms with Crippen molar-refractivity contribution in [2.75, 3.05) is 20.8 Å². The van der Waals surface area contributed by atoms with E-state index in [2.05, 4.69) is 4.99 Å². The summed E-state index contributed by atoms with van der Waals surface area (Å²) in [5.41, 5.74) is 0.619. The van der Waals surface area contributed by atoms with Crippen LogP contribution in [0.15, 0.2) is 55.8 Å². The molecule has 3 heterocycles. The molecular weight excluding hydrogens is 478 g/mol. The lowest BCUT2D eigenvalue weighted by Crippen LogP contribution is -2.40. The van der Waals surface area contributed by atoms with Crippen molar-refractivity contribution in [2.45, 2.75) is 19.9 Å². The summed E-state index contributed by atoms with van der Waals surface area (Å²) in [6.45, 7) is 3.49. The number of aromatic nitrogens is 1. The Morgan fingerprint density at radius 1 is 1.29 bits per heavy atom. The Labute approximate surface area is 202 Å². The maximum absolute atomic E-state index is 13.6. The van der Waals surface area contributed by atoms with E-state index in [0.29, 0.717) is 27.6 Å². The van der Waals surface area contributed by atoms with Gasteiger partial charge in [-0.3, -0.25) is 19.5 Å². The van der Waals surface area contributed by atoms with Crippen molar-refractivity contribution in [1.29, 1.82) is 0 Å². The highest BCUT2D eigenvalue weighted by Gasteiger charge is 2.35. The van der Waals surface area contributed by atoms with E-state index in [9.17, 15) is 19.7 Å². The van der Waals surface area contributed by atoms with E-state index >= 15 is 0 Å². The van der Waals surface area contributed by atoms with Crippen molar-refractivity contribution in [3.05, 3.63) is 82.7 Å². The molecule has 11 nitrogen and oxygen atoms in total. The number of hydrogen-bond donors (Lipinski definition) is 0. The van der Waals surface area contributed by atoms with Crippen LogP contribution in [0.25, 0.3) is 6.08 Å². The summed E-state index contributed by atoms with van der Waals surface area (Å²) in [5.74, 6) is 0.0223. The number of benzene rings is 1. The molecule has 1 aliphatic heterocycles. The fraction of sp³-hybridized carbons (Fsp3) is 0.261. The number of fused-ring (bicyclic) bond motifs is 1. The third-order valence-electron chi connectivity index (χ3n) is 5.31. The van der Waals surface area contributed by atoms with Crippen molar-refractivity contribution in [1.82, 2.24) is 4.57 Å². The highest BCUT2D eigenvalue weighted by molar-refractivity contribution is 7.07. The van der Waals surface area contributed by atoms with Crippen molar-refractivity contribution in [2.24, 2.45) is 4.99 Å². The van der Waals surface area contributed by atoms with Gasteiger partial charge in [0.05, 0.1) is 42.7 Å². The number of hydrogen-bond acceptors (Lipinski definition) is 10. The van der Waals surface area contributed by atoms with Crippen LogP contribution in [0.4, 0.5) is 5.88 Å². The third kappa shape index (κ3) is 4.35. The van der Waals surface area contributed by atoms with Gasteiger partial charge >= 0.3 is 11.9 Å². The van der Waals surface area contributed by atoms with Crippen molar-refractivity contribution in [3.63, 3.8) is 0 Å². The lowest BCUT2D eigenvalue weighted by molar-refractivity contribution is -0.402. The average Bonchev–Trinajstić information content (AvgIpc) is 3.42. The largest absolute Gasteiger partial charge is 0.497 e. The van der Waals surface area contributed by atoms with Gasteiger partial charge in [-0.2, -0.15) is 0 Å². The highest BCUT2D eigenvalue weighted by atomic mass is 32.1. The summed E-state index contributed by atoms with van der Waals surface area (Å²) in [5, 5.41) is 10.9. The highest BCUT2D eigenvalue weighted by Crippen LogP contribution is 2.37. The number of furan rings is 1. The first-order valence-corrected chi connectivity index (χ1v) is 11.3. The van der Waals surface area contributed by atoms with E-state index in [4.69, 9.17) is 18.6 Å². The Kier molecular flexibility index (Phi) is 6.56. The molecule has 1 atom stereocenters.